The first-order chi connectivity index (χ1) is 13.2. The molecule has 0 spiro atoms. The van der Waals surface area contributed by atoms with Crippen LogP contribution in [-0.2, 0) is 0 Å². The first kappa shape index (κ1) is 16.8. The molecule has 0 bridgehead atoms. The molecule has 0 aliphatic heterocycles. The molecule has 1 N–H and O–H groups in total. The van der Waals surface area contributed by atoms with Crippen LogP contribution < -0.4 is 10.1 Å². The second kappa shape index (κ2) is 6.96. The number of hydrogen-bond acceptors (Lipinski definition) is 3. The fourth-order valence-corrected chi connectivity index (χ4v) is 3.08. The van der Waals surface area contributed by atoms with E-state index in [1.54, 1.807) is 19.2 Å². The number of ether oxygens (including phenoxy) is 1. The summed E-state index contributed by atoms with van der Waals surface area (Å²) < 4.78 is 7.27. The second-order valence-electron chi connectivity index (χ2n) is 6.28. The minimum Gasteiger partial charge on any atom is -0.496 e. The molecular weight excluding hydrogens is 338 g/mol. The van der Waals surface area contributed by atoms with Crippen molar-refractivity contribution < 1.29 is 9.53 Å². The summed E-state index contributed by atoms with van der Waals surface area (Å²) in [6, 6.07) is 18.9. The van der Waals surface area contributed by atoms with Gasteiger partial charge in [-0.1, -0.05) is 30.3 Å². The number of carbonyl (C=O) groups excluding carboxylic acids is 1. The zero-order valence-corrected chi connectivity index (χ0v) is 15.1. The molecule has 0 saturated heterocycles. The van der Waals surface area contributed by atoms with Crippen molar-refractivity contribution in [3.05, 3.63) is 84.2 Å². The predicted molar refractivity (Wildman–Crippen MR) is 106 cm³/mol. The molecule has 27 heavy (non-hydrogen) atoms. The number of aromatic nitrogens is 2. The Morgan fingerprint density at radius 1 is 1.07 bits per heavy atom. The van der Waals surface area contributed by atoms with E-state index >= 15 is 0 Å². The summed E-state index contributed by atoms with van der Waals surface area (Å²) in [6.45, 7) is 2.04. The van der Waals surface area contributed by atoms with Gasteiger partial charge in [0.15, 0.2) is 0 Å². The molecule has 134 valence electrons. The van der Waals surface area contributed by atoms with Crippen molar-refractivity contribution in [3.8, 4) is 17.0 Å². The van der Waals surface area contributed by atoms with Crippen molar-refractivity contribution >= 4 is 17.2 Å². The normalized spacial score (nSPS) is 10.7. The summed E-state index contributed by atoms with van der Waals surface area (Å²) in [4.78, 5) is 17.3. The Bertz CT molecular complexity index is 1130. The van der Waals surface area contributed by atoms with Crippen molar-refractivity contribution in [1.82, 2.24) is 9.38 Å². The molecule has 2 aromatic carbocycles. The second-order valence-corrected chi connectivity index (χ2v) is 6.28. The molecule has 5 heteroatoms. The molecule has 0 fully saturated rings. The maximum absolute atomic E-state index is 12.6. The Labute approximate surface area is 157 Å². The maximum Gasteiger partial charge on any atom is 0.259 e. The van der Waals surface area contributed by atoms with Crippen molar-refractivity contribution in [2.45, 2.75) is 6.92 Å². The first-order valence-corrected chi connectivity index (χ1v) is 8.65. The van der Waals surface area contributed by atoms with Gasteiger partial charge in [0.05, 0.1) is 18.4 Å². The number of hydrogen-bond donors (Lipinski definition) is 1. The van der Waals surface area contributed by atoms with Crippen LogP contribution in [0.5, 0.6) is 5.75 Å². The molecule has 0 radical (unpaired) electrons. The number of imidazole rings is 1. The molecule has 2 aromatic heterocycles. The molecule has 4 aromatic rings. The number of pyridine rings is 1. The summed E-state index contributed by atoms with van der Waals surface area (Å²) in [6.07, 6.45) is 3.97. The van der Waals surface area contributed by atoms with E-state index in [1.165, 1.54) is 0 Å². The third-order valence-corrected chi connectivity index (χ3v) is 4.45. The van der Waals surface area contributed by atoms with E-state index in [9.17, 15) is 4.79 Å². The smallest absolute Gasteiger partial charge is 0.259 e. The number of methoxy groups -OCH3 is 1. The van der Waals surface area contributed by atoms with Crippen LogP contribution in [0.4, 0.5) is 5.69 Å². The Hall–Kier alpha value is -3.60. The number of nitrogens with zero attached hydrogens (tertiary/aromatic N) is 2. The molecule has 5 nitrogen and oxygen atoms in total. The van der Waals surface area contributed by atoms with E-state index in [4.69, 9.17) is 9.72 Å². The molecule has 1 amide bonds. The predicted octanol–water partition coefficient (Wildman–Crippen LogP) is 4.57. The van der Waals surface area contributed by atoms with Crippen LogP contribution in [0, 0.1) is 6.92 Å². The topological polar surface area (TPSA) is 55.6 Å². The number of rotatable bonds is 4. The lowest BCUT2D eigenvalue weighted by molar-refractivity contribution is 0.102. The van der Waals surface area contributed by atoms with E-state index in [2.05, 4.69) is 5.32 Å². The lowest BCUT2D eigenvalue weighted by Crippen LogP contribution is -2.13. The van der Waals surface area contributed by atoms with Gasteiger partial charge in [0.1, 0.15) is 11.4 Å². The van der Waals surface area contributed by atoms with Gasteiger partial charge in [-0.05, 0) is 42.8 Å². The van der Waals surface area contributed by atoms with Gasteiger partial charge in [-0.15, -0.1) is 0 Å². The van der Waals surface area contributed by atoms with E-state index in [1.807, 2.05) is 72.2 Å². The highest BCUT2D eigenvalue weighted by molar-refractivity contribution is 6.06. The van der Waals surface area contributed by atoms with Gasteiger partial charge >= 0.3 is 0 Å². The Morgan fingerprint density at radius 3 is 2.74 bits per heavy atom. The molecule has 0 aliphatic rings. The first-order valence-electron chi connectivity index (χ1n) is 8.65. The summed E-state index contributed by atoms with van der Waals surface area (Å²) in [7, 11) is 1.55. The fraction of sp³-hybridized carbons (Fsp3) is 0.0909. The van der Waals surface area contributed by atoms with Gasteiger partial charge in [0.25, 0.3) is 5.91 Å². The molecule has 0 aliphatic carbocycles. The third-order valence-electron chi connectivity index (χ3n) is 4.45. The van der Waals surface area contributed by atoms with Crippen LogP contribution in [0.2, 0.25) is 0 Å². The van der Waals surface area contributed by atoms with Gasteiger partial charge in [-0.3, -0.25) is 4.79 Å². The highest BCUT2D eigenvalue weighted by Crippen LogP contribution is 2.25. The maximum atomic E-state index is 12.6. The Balaban J connectivity index is 1.64. The summed E-state index contributed by atoms with van der Waals surface area (Å²) in [5, 5.41) is 2.93. The van der Waals surface area contributed by atoms with Crippen LogP contribution >= 0.6 is 0 Å². The summed E-state index contributed by atoms with van der Waals surface area (Å²) in [5.41, 5.74) is 5.04. The fourth-order valence-electron chi connectivity index (χ4n) is 3.08. The molecule has 0 atom stereocenters. The quantitative estimate of drug-likeness (QED) is 0.582. The highest BCUT2D eigenvalue weighted by Gasteiger charge is 2.12. The van der Waals surface area contributed by atoms with Crippen LogP contribution in [0.3, 0.4) is 0 Å². The number of benzene rings is 2. The molecule has 0 unspecified atom stereocenters. The Kier molecular flexibility index (Phi) is 4.34. The van der Waals surface area contributed by atoms with E-state index in [0.29, 0.717) is 17.0 Å². The number of amides is 1. The van der Waals surface area contributed by atoms with Crippen molar-refractivity contribution in [2.75, 3.05) is 12.4 Å². The minimum atomic E-state index is -0.213. The van der Waals surface area contributed by atoms with Crippen molar-refractivity contribution in [2.24, 2.45) is 0 Å². The van der Waals surface area contributed by atoms with Crippen LogP contribution in [0.15, 0.2) is 73.1 Å². The lowest BCUT2D eigenvalue weighted by Gasteiger charge is -2.09. The largest absolute Gasteiger partial charge is 0.496 e. The summed E-state index contributed by atoms with van der Waals surface area (Å²) >= 11 is 0. The molecule has 0 saturated carbocycles. The van der Waals surface area contributed by atoms with Gasteiger partial charge in [-0.25, -0.2) is 4.98 Å². The Morgan fingerprint density at radius 2 is 1.93 bits per heavy atom. The van der Waals surface area contributed by atoms with Gasteiger partial charge in [0, 0.05) is 23.6 Å². The molecule has 2 heterocycles. The number of carbonyl (C=O) groups is 1. The number of fused-ring (bicyclic) bond motifs is 1. The SMILES string of the molecule is COc1ccccc1C(=O)Nc1cccc(-c2cn3cccc(C)c3n2)c1. The van der Waals surface area contributed by atoms with Crippen LogP contribution in [0.25, 0.3) is 16.9 Å². The van der Waals surface area contributed by atoms with Gasteiger partial charge in [-0.2, -0.15) is 0 Å². The third kappa shape index (κ3) is 3.27. The zero-order chi connectivity index (χ0) is 18.8. The average molecular weight is 357 g/mol. The lowest BCUT2D eigenvalue weighted by atomic mass is 10.1. The van der Waals surface area contributed by atoms with E-state index in [0.717, 1.165) is 22.5 Å². The average Bonchev–Trinajstić information content (AvgIpc) is 3.14. The number of nitrogens with one attached hydrogen (secondary N) is 1. The van der Waals surface area contributed by atoms with E-state index < -0.39 is 0 Å². The van der Waals surface area contributed by atoms with Crippen molar-refractivity contribution in [3.63, 3.8) is 0 Å². The van der Waals surface area contributed by atoms with Gasteiger partial charge < -0.3 is 14.5 Å². The monoisotopic (exact) mass is 357 g/mol. The standard InChI is InChI=1S/C22H19N3O2/c1-15-7-6-12-25-14-19(24-21(15)25)16-8-5-9-17(13-16)23-22(26)18-10-3-4-11-20(18)27-2/h3-14H,1-2H3,(H,23,26). The minimum absolute atomic E-state index is 0.213. The zero-order valence-electron chi connectivity index (χ0n) is 15.1. The van der Waals surface area contributed by atoms with E-state index in [-0.39, 0.29) is 5.91 Å². The highest BCUT2D eigenvalue weighted by atomic mass is 16.5. The number of aryl methyl sites for hydroxylation is 1. The molecular formula is C22H19N3O2. The van der Waals surface area contributed by atoms with Gasteiger partial charge in [0.2, 0.25) is 0 Å². The number of anilines is 1. The van der Waals surface area contributed by atoms with Crippen LogP contribution in [-0.4, -0.2) is 22.4 Å². The van der Waals surface area contributed by atoms with Crippen molar-refractivity contribution in [1.29, 1.82) is 0 Å². The number of para-hydroxylation sites is 1. The summed E-state index contributed by atoms with van der Waals surface area (Å²) in [5.74, 6) is 0.331. The van der Waals surface area contributed by atoms with Crippen LogP contribution in [0.1, 0.15) is 15.9 Å². The molecule has 4 rings (SSSR count).